The van der Waals surface area contributed by atoms with Crippen molar-refractivity contribution < 1.29 is 22.8 Å². The molecule has 0 aliphatic carbocycles. The van der Waals surface area contributed by atoms with Crippen LogP contribution in [0.25, 0.3) is 0 Å². The van der Waals surface area contributed by atoms with Crippen LogP contribution in [0.5, 0.6) is 0 Å². The minimum absolute atomic E-state index is 0.0426. The van der Waals surface area contributed by atoms with Crippen LogP contribution in [0.1, 0.15) is 20.8 Å². The van der Waals surface area contributed by atoms with Crippen molar-refractivity contribution in [2.75, 3.05) is 20.6 Å². The lowest BCUT2D eigenvalue weighted by Crippen LogP contribution is -2.46. The fourth-order valence-electron chi connectivity index (χ4n) is 2.01. The quantitative estimate of drug-likeness (QED) is 0.446. The molecule has 1 heterocycles. The van der Waals surface area contributed by atoms with E-state index in [1.54, 1.807) is 6.20 Å². The first-order valence-corrected chi connectivity index (χ1v) is 10.1. The number of carbonyl (C=O) groups excluding carboxylic acids is 3. The molecule has 28 heavy (non-hydrogen) atoms. The molecule has 0 aliphatic heterocycles. The third-order valence-corrected chi connectivity index (χ3v) is 5.76. The van der Waals surface area contributed by atoms with Crippen LogP contribution in [0, 0.1) is 0 Å². The van der Waals surface area contributed by atoms with Gasteiger partial charge in [-0.05, 0) is 40.2 Å². The van der Waals surface area contributed by atoms with Gasteiger partial charge in [0.25, 0.3) is 17.7 Å². The van der Waals surface area contributed by atoms with E-state index in [2.05, 4.69) is 37.1 Å². The van der Waals surface area contributed by atoms with Gasteiger partial charge in [-0.1, -0.05) is 6.07 Å². The van der Waals surface area contributed by atoms with Crippen molar-refractivity contribution in [3.05, 3.63) is 52.3 Å². The standard InChI is InChI=1S/C16H18BrN5O5S/c1-22(2)28(26,27)12-5-3-4-10(6-12)15(24)19-9-14(23)20-21-16(25)13-7-11(17)8-18-13/h3-8,18H,9H2,1-2H3,(H,19,24)(H,20,23)(H,21,25). The highest BCUT2D eigenvalue weighted by molar-refractivity contribution is 9.10. The number of carbonyl (C=O) groups is 3. The van der Waals surface area contributed by atoms with E-state index < -0.39 is 34.3 Å². The van der Waals surface area contributed by atoms with E-state index in [0.717, 1.165) is 4.31 Å². The van der Waals surface area contributed by atoms with Crippen molar-refractivity contribution in [2.24, 2.45) is 0 Å². The number of benzene rings is 1. The third kappa shape index (κ3) is 5.41. The summed E-state index contributed by atoms with van der Waals surface area (Å²) in [7, 11) is -0.924. The summed E-state index contributed by atoms with van der Waals surface area (Å²) in [6.07, 6.45) is 1.56. The van der Waals surface area contributed by atoms with Crippen LogP contribution in [0.3, 0.4) is 0 Å². The number of nitrogens with zero attached hydrogens (tertiary/aromatic N) is 1. The Morgan fingerprint density at radius 1 is 1.11 bits per heavy atom. The van der Waals surface area contributed by atoms with E-state index in [9.17, 15) is 22.8 Å². The second-order valence-corrected chi connectivity index (χ2v) is 8.80. The second-order valence-electron chi connectivity index (χ2n) is 5.73. The third-order valence-electron chi connectivity index (χ3n) is 3.49. The van der Waals surface area contributed by atoms with Gasteiger partial charge in [-0.2, -0.15) is 0 Å². The molecule has 10 nitrogen and oxygen atoms in total. The first kappa shape index (κ1) is 21.6. The number of H-pyrrole nitrogens is 1. The summed E-state index contributed by atoms with van der Waals surface area (Å²) in [6, 6.07) is 6.96. The number of halogens is 1. The number of hydrogen-bond donors (Lipinski definition) is 4. The van der Waals surface area contributed by atoms with Gasteiger partial charge in [0.05, 0.1) is 11.4 Å². The van der Waals surface area contributed by atoms with Crippen LogP contribution in [-0.2, 0) is 14.8 Å². The summed E-state index contributed by atoms with van der Waals surface area (Å²) in [5.41, 5.74) is 4.66. The molecule has 0 unspecified atom stereocenters. The van der Waals surface area contributed by atoms with E-state index in [1.807, 2.05) is 0 Å². The zero-order valence-electron chi connectivity index (χ0n) is 14.9. The molecule has 0 aliphatic rings. The highest BCUT2D eigenvalue weighted by Crippen LogP contribution is 2.14. The van der Waals surface area contributed by atoms with Crippen LogP contribution >= 0.6 is 15.9 Å². The number of nitrogens with one attached hydrogen (secondary N) is 4. The molecule has 12 heteroatoms. The molecule has 2 rings (SSSR count). The number of rotatable bonds is 6. The van der Waals surface area contributed by atoms with Crippen LogP contribution in [0.15, 0.2) is 45.9 Å². The number of hydrogen-bond acceptors (Lipinski definition) is 5. The zero-order chi connectivity index (χ0) is 20.9. The molecule has 1 aromatic carbocycles. The van der Waals surface area contributed by atoms with Gasteiger partial charge in [-0.25, -0.2) is 12.7 Å². The number of amides is 3. The maximum atomic E-state index is 12.2. The fraction of sp³-hybridized carbons (Fsp3) is 0.188. The predicted octanol–water partition coefficient (Wildman–Crippen LogP) is 0.219. The number of aromatic amines is 1. The molecule has 0 spiro atoms. The highest BCUT2D eigenvalue weighted by atomic mass is 79.9. The molecule has 4 N–H and O–H groups in total. The number of hydrazine groups is 1. The Kier molecular flexibility index (Phi) is 6.94. The molecule has 0 saturated heterocycles. The minimum Gasteiger partial charge on any atom is -0.356 e. The SMILES string of the molecule is CN(C)S(=O)(=O)c1cccc(C(=O)NCC(=O)NNC(=O)c2cc(Br)c[nH]2)c1. The molecule has 0 radical (unpaired) electrons. The summed E-state index contributed by atoms with van der Waals surface area (Å²) in [5.74, 6) is -1.86. The minimum atomic E-state index is -3.69. The number of aromatic nitrogens is 1. The van der Waals surface area contributed by atoms with Crippen LogP contribution < -0.4 is 16.2 Å². The molecule has 3 amide bonds. The van der Waals surface area contributed by atoms with Crippen molar-refractivity contribution in [1.82, 2.24) is 25.5 Å². The van der Waals surface area contributed by atoms with Gasteiger partial charge in [0.2, 0.25) is 10.0 Å². The first-order chi connectivity index (χ1) is 13.1. The molecule has 0 bridgehead atoms. The van der Waals surface area contributed by atoms with Crippen LogP contribution in [0.4, 0.5) is 0 Å². The predicted molar refractivity (Wildman–Crippen MR) is 104 cm³/mol. The Morgan fingerprint density at radius 2 is 1.82 bits per heavy atom. The van der Waals surface area contributed by atoms with Crippen molar-refractivity contribution in [1.29, 1.82) is 0 Å². The average Bonchev–Trinajstić information content (AvgIpc) is 3.10. The van der Waals surface area contributed by atoms with Gasteiger partial charge in [0.1, 0.15) is 5.69 Å². The van der Waals surface area contributed by atoms with Gasteiger partial charge in [0.15, 0.2) is 0 Å². The van der Waals surface area contributed by atoms with Crippen molar-refractivity contribution in [3.63, 3.8) is 0 Å². The highest BCUT2D eigenvalue weighted by Gasteiger charge is 2.19. The summed E-state index contributed by atoms with van der Waals surface area (Å²) < 4.78 is 26.0. The topological polar surface area (TPSA) is 140 Å². The second kappa shape index (κ2) is 8.99. The van der Waals surface area contributed by atoms with Crippen molar-refractivity contribution in [3.8, 4) is 0 Å². The van der Waals surface area contributed by atoms with E-state index in [4.69, 9.17) is 0 Å². The molecule has 0 saturated carbocycles. The summed E-state index contributed by atoms with van der Waals surface area (Å²) in [5, 5.41) is 2.35. The fourth-order valence-corrected chi connectivity index (χ4v) is 3.30. The molecule has 1 aromatic heterocycles. The van der Waals surface area contributed by atoms with Crippen molar-refractivity contribution >= 4 is 43.7 Å². The van der Waals surface area contributed by atoms with Gasteiger partial charge < -0.3 is 10.3 Å². The molecule has 0 atom stereocenters. The van der Waals surface area contributed by atoms with E-state index in [0.29, 0.717) is 4.47 Å². The maximum Gasteiger partial charge on any atom is 0.286 e. The van der Waals surface area contributed by atoms with Crippen LogP contribution in [-0.4, -0.2) is 56.1 Å². The molecule has 0 fully saturated rings. The normalized spacial score (nSPS) is 11.1. The monoisotopic (exact) mass is 471 g/mol. The van der Waals surface area contributed by atoms with E-state index >= 15 is 0 Å². The van der Waals surface area contributed by atoms with Gasteiger partial charge >= 0.3 is 0 Å². The summed E-state index contributed by atoms with van der Waals surface area (Å²) in [6.45, 7) is -0.418. The van der Waals surface area contributed by atoms with Gasteiger partial charge in [-0.3, -0.25) is 25.2 Å². The Labute approximate surface area is 169 Å². The molecule has 2 aromatic rings. The largest absolute Gasteiger partial charge is 0.356 e. The summed E-state index contributed by atoms with van der Waals surface area (Å²) in [4.78, 5) is 38.4. The van der Waals surface area contributed by atoms with E-state index in [-0.39, 0.29) is 16.2 Å². The Bertz CT molecular complexity index is 1000. The lowest BCUT2D eigenvalue weighted by Gasteiger charge is -2.12. The molecular weight excluding hydrogens is 454 g/mol. The number of sulfonamides is 1. The van der Waals surface area contributed by atoms with E-state index in [1.165, 1.54) is 44.4 Å². The summed E-state index contributed by atoms with van der Waals surface area (Å²) >= 11 is 3.18. The van der Waals surface area contributed by atoms with Gasteiger partial charge in [0, 0.05) is 30.3 Å². The average molecular weight is 472 g/mol. The molecule has 150 valence electrons. The van der Waals surface area contributed by atoms with Gasteiger partial charge in [-0.15, -0.1) is 0 Å². The Morgan fingerprint density at radius 3 is 2.43 bits per heavy atom. The smallest absolute Gasteiger partial charge is 0.286 e. The zero-order valence-corrected chi connectivity index (χ0v) is 17.3. The Balaban J connectivity index is 1.90. The van der Waals surface area contributed by atoms with Crippen molar-refractivity contribution in [2.45, 2.75) is 4.90 Å². The maximum absolute atomic E-state index is 12.2. The Hall–Kier alpha value is -2.70. The molecular formula is C16H18BrN5O5S. The lowest BCUT2D eigenvalue weighted by molar-refractivity contribution is -0.120. The van der Waals surface area contributed by atoms with Crippen LogP contribution in [0.2, 0.25) is 0 Å². The lowest BCUT2D eigenvalue weighted by atomic mass is 10.2. The first-order valence-electron chi connectivity index (χ1n) is 7.85.